The van der Waals surface area contributed by atoms with Gasteiger partial charge in [-0.2, -0.15) is 0 Å². The fourth-order valence-electron chi connectivity index (χ4n) is 10.2. The van der Waals surface area contributed by atoms with Crippen LogP contribution in [0, 0.1) is 0 Å². The van der Waals surface area contributed by atoms with Gasteiger partial charge in [0.1, 0.15) is 0 Å². The van der Waals surface area contributed by atoms with E-state index in [9.17, 15) is 0 Å². The second kappa shape index (κ2) is 12.6. The maximum absolute atomic E-state index is 2.36. The normalized spacial score (nSPS) is 12.1. The van der Waals surface area contributed by atoms with Crippen LogP contribution in [0.25, 0.3) is 109 Å². The third-order valence-electron chi connectivity index (χ3n) is 12.5. The molecule has 57 heavy (non-hydrogen) atoms. The molecule has 0 unspecified atom stereocenters. The van der Waals surface area contributed by atoms with Crippen molar-refractivity contribution in [2.75, 3.05) is 0 Å². The average molecular weight is 721 g/mol. The summed E-state index contributed by atoms with van der Waals surface area (Å²) in [5.41, 5.74) is 15.6. The second-order valence-corrected chi connectivity index (χ2v) is 15.4. The Balaban J connectivity index is 1.24. The van der Waals surface area contributed by atoms with Gasteiger partial charge in [0.2, 0.25) is 0 Å². The zero-order valence-electron chi connectivity index (χ0n) is 31.3. The largest absolute Gasteiger partial charge is 0.0622 e. The Bertz CT molecular complexity index is 3320. The molecule has 11 aromatic rings. The molecule has 0 aromatic heterocycles. The summed E-state index contributed by atoms with van der Waals surface area (Å²) < 4.78 is 0. The molecule has 0 amide bonds. The van der Waals surface area contributed by atoms with E-state index >= 15 is 0 Å². The molecule has 0 aliphatic heterocycles. The van der Waals surface area contributed by atoms with Gasteiger partial charge in [0, 0.05) is 0 Å². The van der Waals surface area contributed by atoms with Gasteiger partial charge in [0.15, 0.2) is 0 Å². The lowest BCUT2D eigenvalue weighted by Crippen LogP contribution is -1.97. The van der Waals surface area contributed by atoms with Gasteiger partial charge in [-0.3, -0.25) is 0 Å². The molecule has 0 heterocycles. The highest BCUT2D eigenvalue weighted by molar-refractivity contribution is 6.32. The zero-order chi connectivity index (χ0) is 37.5. The van der Waals surface area contributed by atoms with Crippen LogP contribution in [0.2, 0.25) is 0 Å². The fourth-order valence-corrected chi connectivity index (χ4v) is 10.2. The molecule has 1 aliphatic carbocycles. The van der Waals surface area contributed by atoms with Crippen LogP contribution in [0.1, 0.15) is 11.1 Å². The van der Waals surface area contributed by atoms with Crippen molar-refractivity contribution in [3.05, 3.63) is 217 Å². The van der Waals surface area contributed by atoms with Crippen LogP contribution in [0.15, 0.2) is 206 Å². The Hall–Kier alpha value is -7.28. The Morgan fingerprint density at radius 1 is 0.211 bits per heavy atom. The summed E-state index contributed by atoms with van der Waals surface area (Å²) in [6.45, 7) is 0. The van der Waals surface area contributed by atoms with Crippen LogP contribution >= 0.6 is 0 Å². The Morgan fingerprint density at radius 3 is 1.28 bits per heavy atom. The Kier molecular flexibility index (Phi) is 7.09. The summed E-state index contributed by atoms with van der Waals surface area (Å²) in [6, 6.07) is 76.8. The highest BCUT2D eigenvalue weighted by Gasteiger charge is 2.27. The van der Waals surface area contributed by atoms with Gasteiger partial charge >= 0.3 is 0 Å². The summed E-state index contributed by atoms with van der Waals surface area (Å²) in [7, 11) is 0. The first kappa shape index (κ1) is 32.0. The maximum Gasteiger partial charge on any atom is -0.00132 e. The van der Waals surface area contributed by atoms with Crippen molar-refractivity contribution >= 4 is 53.9 Å². The van der Waals surface area contributed by atoms with Crippen molar-refractivity contribution in [2.24, 2.45) is 0 Å². The van der Waals surface area contributed by atoms with Gasteiger partial charge in [-0.05, 0) is 127 Å². The first-order chi connectivity index (χ1) is 28.3. The summed E-state index contributed by atoms with van der Waals surface area (Å²) in [4.78, 5) is 0. The second-order valence-electron chi connectivity index (χ2n) is 15.4. The maximum atomic E-state index is 2.36. The van der Waals surface area contributed by atoms with Crippen LogP contribution < -0.4 is 0 Å². The van der Waals surface area contributed by atoms with Crippen molar-refractivity contribution in [1.82, 2.24) is 0 Å². The van der Waals surface area contributed by atoms with Crippen molar-refractivity contribution in [3.8, 4) is 55.6 Å². The molecule has 0 saturated heterocycles. The van der Waals surface area contributed by atoms with E-state index in [1.165, 1.54) is 121 Å². The van der Waals surface area contributed by atoms with Crippen molar-refractivity contribution in [2.45, 2.75) is 6.42 Å². The van der Waals surface area contributed by atoms with Crippen molar-refractivity contribution in [3.63, 3.8) is 0 Å². The molecule has 0 heteroatoms. The van der Waals surface area contributed by atoms with Crippen molar-refractivity contribution < 1.29 is 0 Å². The minimum absolute atomic E-state index is 0.961. The van der Waals surface area contributed by atoms with Gasteiger partial charge in [-0.25, -0.2) is 0 Å². The first-order valence-electron chi connectivity index (χ1n) is 20.0. The molecule has 1 aliphatic rings. The summed E-state index contributed by atoms with van der Waals surface area (Å²) >= 11 is 0. The topological polar surface area (TPSA) is 0 Å². The third kappa shape index (κ3) is 4.74. The minimum atomic E-state index is 0.961. The third-order valence-corrected chi connectivity index (χ3v) is 12.5. The smallest absolute Gasteiger partial charge is 0.00132 e. The molecule has 0 atom stereocenters. The van der Waals surface area contributed by atoms with Gasteiger partial charge in [0.05, 0.1) is 0 Å². The first-order valence-corrected chi connectivity index (χ1v) is 20.0. The van der Waals surface area contributed by atoms with E-state index in [0.717, 1.165) is 6.42 Å². The molecule has 0 N–H and O–H groups in total. The molecule has 0 fully saturated rings. The number of hydrogen-bond donors (Lipinski definition) is 0. The monoisotopic (exact) mass is 720 g/mol. The van der Waals surface area contributed by atoms with Crippen LogP contribution in [0.3, 0.4) is 0 Å². The molecule has 0 nitrogen and oxygen atoms in total. The van der Waals surface area contributed by atoms with Gasteiger partial charge < -0.3 is 0 Å². The lowest BCUT2D eigenvalue weighted by atomic mass is 9.79. The molecular formula is C57H36. The molecule has 0 spiro atoms. The van der Waals surface area contributed by atoms with Crippen molar-refractivity contribution in [1.29, 1.82) is 0 Å². The lowest BCUT2D eigenvalue weighted by molar-refractivity contribution is 1.26. The van der Waals surface area contributed by atoms with E-state index in [0.29, 0.717) is 0 Å². The average Bonchev–Trinajstić information content (AvgIpc) is 3.67. The van der Waals surface area contributed by atoms with E-state index in [2.05, 4.69) is 206 Å². The fraction of sp³-hybridized carbons (Fsp3) is 0.0175. The summed E-state index contributed by atoms with van der Waals surface area (Å²) in [6.07, 6.45) is 0.961. The van der Waals surface area contributed by atoms with E-state index in [1.807, 2.05) is 0 Å². The molecule has 11 aromatic carbocycles. The summed E-state index contributed by atoms with van der Waals surface area (Å²) in [5, 5.41) is 12.8. The zero-order valence-corrected chi connectivity index (χ0v) is 31.3. The highest BCUT2D eigenvalue weighted by atomic mass is 14.3. The number of rotatable bonds is 4. The SMILES string of the molecule is c1ccc(-c2cccc(-c3cccc4c3-c3ccccc3C4)c2-c2c3ccccc3c(-c3cccc4c5ccccc5c5ccccc5c34)c3ccccc23)cc1. The van der Waals surface area contributed by atoms with Crippen LogP contribution in [-0.2, 0) is 6.42 Å². The predicted octanol–water partition coefficient (Wildman–Crippen LogP) is 15.7. The highest BCUT2D eigenvalue weighted by Crippen LogP contribution is 2.53. The number of fused-ring (bicyclic) bond motifs is 11. The van der Waals surface area contributed by atoms with E-state index in [1.54, 1.807) is 0 Å². The van der Waals surface area contributed by atoms with Crippen LogP contribution in [-0.4, -0.2) is 0 Å². The van der Waals surface area contributed by atoms with E-state index in [-0.39, 0.29) is 0 Å². The Labute approximate surface area is 331 Å². The minimum Gasteiger partial charge on any atom is -0.0622 e. The number of benzene rings is 11. The van der Waals surface area contributed by atoms with Crippen LogP contribution in [0.4, 0.5) is 0 Å². The summed E-state index contributed by atoms with van der Waals surface area (Å²) in [5.74, 6) is 0. The Morgan fingerprint density at radius 2 is 0.614 bits per heavy atom. The van der Waals surface area contributed by atoms with Crippen LogP contribution in [0.5, 0.6) is 0 Å². The number of hydrogen-bond acceptors (Lipinski definition) is 0. The molecule has 12 rings (SSSR count). The predicted molar refractivity (Wildman–Crippen MR) is 244 cm³/mol. The van der Waals surface area contributed by atoms with Gasteiger partial charge in [-0.15, -0.1) is 0 Å². The molecular weight excluding hydrogens is 685 g/mol. The van der Waals surface area contributed by atoms with Gasteiger partial charge in [0.25, 0.3) is 0 Å². The van der Waals surface area contributed by atoms with E-state index in [4.69, 9.17) is 0 Å². The molecule has 0 radical (unpaired) electrons. The molecule has 264 valence electrons. The molecule has 0 bridgehead atoms. The molecule has 0 saturated carbocycles. The van der Waals surface area contributed by atoms with Gasteiger partial charge in [-0.1, -0.05) is 206 Å². The van der Waals surface area contributed by atoms with E-state index < -0.39 is 0 Å². The quantitative estimate of drug-likeness (QED) is 0.125. The standard InChI is InChI=1S/C57H36/c1-2-17-36(18-3-1)39-30-15-33-51(46-31-14-20-38-35-37-19-4-5-21-40(37)53(38)46)56(39)57-49-28-12-10-26-47(49)55(48-27-11-13-29-50(48)57)52-34-16-32-45-43-23-7-6-22-41(43)42-24-8-9-25-44(42)54(45)52/h1-34H,35H2. The lowest BCUT2D eigenvalue weighted by Gasteiger charge is -2.24.